The lowest BCUT2D eigenvalue weighted by molar-refractivity contribution is 0.131. The molecule has 0 aliphatic carbocycles. The van der Waals surface area contributed by atoms with Crippen molar-refractivity contribution in [3.8, 4) is 0 Å². The normalized spacial score (nSPS) is 22.3. The molecule has 3 heteroatoms. The third-order valence-electron chi connectivity index (χ3n) is 3.70. The zero-order chi connectivity index (χ0) is 13.0. The number of likely N-dealkylation sites (tertiary alicyclic amines) is 1. The second kappa shape index (κ2) is 6.32. The first-order chi connectivity index (χ1) is 8.69. The van der Waals surface area contributed by atoms with Crippen LogP contribution in [0.5, 0.6) is 0 Å². The van der Waals surface area contributed by atoms with E-state index < -0.39 is 0 Å². The van der Waals surface area contributed by atoms with E-state index in [1.807, 2.05) is 19.1 Å². The fraction of sp³-hybridized carbons (Fsp3) is 0.600. The molecule has 1 fully saturated rings. The minimum atomic E-state index is -0.215. The van der Waals surface area contributed by atoms with Crippen molar-refractivity contribution in [2.75, 3.05) is 6.54 Å². The summed E-state index contributed by atoms with van der Waals surface area (Å²) >= 11 is 0. The molecule has 0 amide bonds. The van der Waals surface area contributed by atoms with E-state index in [0.29, 0.717) is 6.04 Å². The quantitative estimate of drug-likeness (QED) is 0.838. The van der Waals surface area contributed by atoms with E-state index >= 15 is 0 Å². The van der Waals surface area contributed by atoms with E-state index in [4.69, 9.17) is 5.11 Å². The summed E-state index contributed by atoms with van der Waals surface area (Å²) < 4.78 is 0. The van der Waals surface area contributed by atoms with Gasteiger partial charge in [0, 0.05) is 12.6 Å². The molecule has 3 nitrogen and oxygen atoms in total. The third-order valence-corrected chi connectivity index (χ3v) is 3.70. The summed E-state index contributed by atoms with van der Waals surface area (Å²) in [6.07, 6.45) is 3.08. The van der Waals surface area contributed by atoms with Crippen molar-refractivity contribution in [1.82, 2.24) is 4.90 Å². The monoisotopic (exact) mass is 249 g/mol. The zero-order valence-corrected chi connectivity index (χ0v) is 11.0. The Morgan fingerprint density at radius 1 is 1.28 bits per heavy atom. The first kappa shape index (κ1) is 13.5. The van der Waals surface area contributed by atoms with Gasteiger partial charge >= 0.3 is 0 Å². The van der Waals surface area contributed by atoms with Crippen LogP contribution in [-0.2, 0) is 13.2 Å². The van der Waals surface area contributed by atoms with Gasteiger partial charge in [0.15, 0.2) is 0 Å². The molecule has 1 saturated heterocycles. The first-order valence-corrected chi connectivity index (χ1v) is 6.80. The third kappa shape index (κ3) is 3.55. The molecule has 1 aromatic rings. The first-order valence-electron chi connectivity index (χ1n) is 6.80. The fourth-order valence-corrected chi connectivity index (χ4v) is 2.75. The van der Waals surface area contributed by atoms with Crippen LogP contribution in [0.3, 0.4) is 0 Å². The summed E-state index contributed by atoms with van der Waals surface area (Å²) in [7, 11) is 0. The highest BCUT2D eigenvalue weighted by atomic mass is 16.3. The van der Waals surface area contributed by atoms with Crippen molar-refractivity contribution in [2.45, 2.75) is 51.5 Å². The van der Waals surface area contributed by atoms with E-state index in [1.165, 1.54) is 18.4 Å². The largest absolute Gasteiger partial charge is 0.393 e. The molecule has 1 aliphatic heterocycles. The van der Waals surface area contributed by atoms with Crippen LogP contribution in [0.1, 0.15) is 37.3 Å². The highest BCUT2D eigenvalue weighted by molar-refractivity contribution is 5.22. The molecule has 2 rings (SSSR count). The molecule has 0 bridgehead atoms. The standard InChI is InChI=1S/C15H23NO2/c1-12(18)9-15-3-2-8-16(15)10-13-4-6-14(11-17)7-5-13/h4-7,12,15,17-18H,2-3,8-11H2,1H3. The van der Waals surface area contributed by atoms with Crippen LogP contribution in [0, 0.1) is 0 Å². The molecule has 1 aliphatic rings. The van der Waals surface area contributed by atoms with Gasteiger partial charge in [-0.05, 0) is 43.9 Å². The average molecular weight is 249 g/mol. The Morgan fingerprint density at radius 2 is 1.94 bits per heavy atom. The number of aliphatic hydroxyl groups is 2. The Balaban J connectivity index is 1.94. The maximum Gasteiger partial charge on any atom is 0.0681 e. The molecule has 0 saturated carbocycles. The maximum atomic E-state index is 9.51. The molecule has 18 heavy (non-hydrogen) atoms. The van der Waals surface area contributed by atoms with Gasteiger partial charge in [-0.15, -0.1) is 0 Å². The van der Waals surface area contributed by atoms with Crippen LogP contribution in [0.4, 0.5) is 0 Å². The van der Waals surface area contributed by atoms with Gasteiger partial charge < -0.3 is 10.2 Å². The zero-order valence-electron chi connectivity index (χ0n) is 11.0. The van der Waals surface area contributed by atoms with E-state index in [2.05, 4.69) is 17.0 Å². The molecule has 0 radical (unpaired) electrons. The van der Waals surface area contributed by atoms with Crippen LogP contribution in [-0.4, -0.2) is 33.8 Å². The molecule has 2 N–H and O–H groups in total. The second-order valence-electron chi connectivity index (χ2n) is 5.33. The highest BCUT2D eigenvalue weighted by Gasteiger charge is 2.25. The second-order valence-corrected chi connectivity index (χ2v) is 5.33. The lowest BCUT2D eigenvalue weighted by Crippen LogP contribution is -2.31. The van der Waals surface area contributed by atoms with Crippen LogP contribution < -0.4 is 0 Å². The number of hydrogen-bond donors (Lipinski definition) is 2. The number of benzene rings is 1. The van der Waals surface area contributed by atoms with Gasteiger partial charge in [-0.3, -0.25) is 4.90 Å². The van der Waals surface area contributed by atoms with Gasteiger partial charge in [-0.25, -0.2) is 0 Å². The van der Waals surface area contributed by atoms with Crippen LogP contribution in [0.25, 0.3) is 0 Å². The predicted octanol–water partition coefficient (Wildman–Crippen LogP) is 1.91. The molecule has 100 valence electrons. The molecule has 0 spiro atoms. The maximum absolute atomic E-state index is 9.51. The minimum absolute atomic E-state index is 0.106. The predicted molar refractivity (Wildman–Crippen MR) is 72.1 cm³/mol. The van der Waals surface area contributed by atoms with E-state index in [0.717, 1.165) is 25.1 Å². The van der Waals surface area contributed by atoms with Crippen molar-refractivity contribution in [3.05, 3.63) is 35.4 Å². The summed E-state index contributed by atoms with van der Waals surface area (Å²) in [6.45, 7) is 4.05. The summed E-state index contributed by atoms with van der Waals surface area (Å²) in [5.74, 6) is 0. The molecule has 2 atom stereocenters. The van der Waals surface area contributed by atoms with Gasteiger partial charge in [-0.2, -0.15) is 0 Å². The van der Waals surface area contributed by atoms with Gasteiger partial charge in [0.05, 0.1) is 12.7 Å². The van der Waals surface area contributed by atoms with Crippen LogP contribution >= 0.6 is 0 Å². The molecular formula is C15H23NO2. The van der Waals surface area contributed by atoms with Crippen molar-refractivity contribution >= 4 is 0 Å². The van der Waals surface area contributed by atoms with Gasteiger partial charge in [0.1, 0.15) is 0 Å². The van der Waals surface area contributed by atoms with Crippen molar-refractivity contribution in [2.24, 2.45) is 0 Å². The molecule has 0 aromatic heterocycles. The smallest absolute Gasteiger partial charge is 0.0681 e. The SMILES string of the molecule is CC(O)CC1CCCN1Cc1ccc(CO)cc1. The van der Waals surface area contributed by atoms with Crippen LogP contribution in [0.2, 0.25) is 0 Å². The Labute approximate surface area is 109 Å². The topological polar surface area (TPSA) is 43.7 Å². The average Bonchev–Trinajstić information content (AvgIpc) is 2.77. The summed E-state index contributed by atoms with van der Waals surface area (Å²) in [6, 6.07) is 8.65. The molecule has 1 heterocycles. The van der Waals surface area contributed by atoms with Crippen LogP contribution in [0.15, 0.2) is 24.3 Å². The Bertz CT molecular complexity index is 361. The fourth-order valence-electron chi connectivity index (χ4n) is 2.75. The summed E-state index contributed by atoms with van der Waals surface area (Å²) in [4.78, 5) is 2.46. The summed E-state index contributed by atoms with van der Waals surface area (Å²) in [5.41, 5.74) is 2.24. The van der Waals surface area contributed by atoms with E-state index in [-0.39, 0.29) is 12.7 Å². The lowest BCUT2D eigenvalue weighted by atomic mass is 10.1. The Hall–Kier alpha value is -0.900. The molecule has 2 unspecified atom stereocenters. The van der Waals surface area contributed by atoms with E-state index in [9.17, 15) is 5.11 Å². The highest BCUT2D eigenvalue weighted by Crippen LogP contribution is 2.23. The van der Waals surface area contributed by atoms with Gasteiger partial charge in [0.2, 0.25) is 0 Å². The van der Waals surface area contributed by atoms with Crippen molar-refractivity contribution in [3.63, 3.8) is 0 Å². The Kier molecular flexibility index (Phi) is 4.75. The Morgan fingerprint density at radius 3 is 2.56 bits per heavy atom. The lowest BCUT2D eigenvalue weighted by Gasteiger charge is -2.25. The molecule has 1 aromatic carbocycles. The van der Waals surface area contributed by atoms with Crippen molar-refractivity contribution < 1.29 is 10.2 Å². The number of aliphatic hydroxyl groups excluding tert-OH is 2. The van der Waals surface area contributed by atoms with E-state index in [1.54, 1.807) is 0 Å². The number of rotatable bonds is 5. The van der Waals surface area contributed by atoms with Gasteiger partial charge in [0.25, 0.3) is 0 Å². The van der Waals surface area contributed by atoms with Crippen molar-refractivity contribution in [1.29, 1.82) is 0 Å². The minimum Gasteiger partial charge on any atom is -0.393 e. The summed E-state index contributed by atoms with van der Waals surface area (Å²) in [5, 5.41) is 18.5. The van der Waals surface area contributed by atoms with Gasteiger partial charge in [-0.1, -0.05) is 24.3 Å². The number of hydrogen-bond acceptors (Lipinski definition) is 3. The number of nitrogens with zero attached hydrogens (tertiary/aromatic N) is 1. The molecular weight excluding hydrogens is 226 g/mol.